The van der Waals surface area contributed by atoms with E-state index >= 15 is 0 Å². The van der Waals surface area contributed by atoms with Crippen molar-refractivity contribution >= 4 is 29.2 Å². The Kier molecular flexibility index (Phi) is 4.79. The number of benzene rings is 2. The van der Waals surface area contributed by atoms with Crippen molar-refractivity contribution in [2.75, 3.05) is 12.8 Å². The van der Waals surface area contributed by atoms with E-state index in [0.29, 0.717) is 23.3 Å². The monoisotopic (exact) mass is 495 g/mol. The van der Waals surface area contributed by atoms with E-state index in [1.165, 1.54) is 6.42 Å². The van der Waals surface area contributed by atoms with Crippen LogP contribution in [0.5, 0.6) is 5.75 Å². The minimum atomic E-state index is -0.513. The average Bonchev–Trinajstić information content (AvgIpc) is 3.55. The predicted octanol–water partition coefficient (Wildman–Crippen LogP) is 4.01. The van der Waals surface area contributed by atoms with Crippen LogP contribution in [-0.2, 0) is 9.31 Å². The molecule has 3 saturated carbocycles. The second-order valence-electron chi connectivity index (χ2n) is 11.4. The third-order valence-corrected chi connectivity index (χ3v) is 9.28. The molecule has 3 aliphatic carbocycles. The van der Waals surface area contributed by atoms with Crippen LogP contribution in [0.25, 0.3) is 27.7 Å². The van der Waals surface area contributed by atoms with Gasteiger partial charge in [-0.3, -0.25) is 0 Å². The van der Waals surface area contributed by atoms with Gasteiger partial charge in [-0.25, -0.2) is 4.68 Å². The number of hydrogen-bond donors (Lipinski definition) is 1. The molecule has 4 fully saturated rings. The van der Waals surface area contributed by atoms with Crippen LogP contribution in [0.1, 0.15) is 33.6 Å². The van der Waals surface area contributed by atoms with Crippen molar-refractivity contribution in [2.24, 2.45) is 17.3 Å². The Bertz CT molecular complexity index is 1520. The molecule has 188 valence electrons. The van der Waals surface area contributed by atoms with Gasteiger partial charge in [0.2, 0.25) is 0 Å². The second-order valence-corrected chi connectivity index (χ2v) is 11.4. The van der Waals surface area contributed by atoms with Crippen LogP contribution in [0.4, 0.5) is 5.69 Å². The summed E-state index contributed by atoms with van der Waals surface area (Å²) < 4.78 is 21.2. The maximum absolute atomic E-state index is 6.81. The number of nitrogen functional groups attached to an aromatic ring is 1. The van der Waals surface area contributed by atoms with E-state index in [-0.39, 0.29) is 17.1 Å². The Hall–Kier alpha value is -3.43. The molecule has 9 heteroatoms. The first-order valence-corrected chi connectivity index (χ1v) is 12.9. The van der Waals surface area contributed by atoms with Crippen LogP contribution in [0.3, 0.4) is 0 Å². The number of methoxy groups -OCH3 is 1. The minimum Gasteiger partial charge on any atom is -0.497 e. The first-order chi connectivity index (χ1) is 17.8. The van der Waals surface area contributed by atoms with Gasteiger partial charge in [-0.1, -0.05) is 19.9 Å². The summed E-state index contributed by atoms with van der Waals surface area (Å²) in [6, 6.07) is 12.1. The average molecular weight is 495 g/mol. The molecule has 4 aliphatic rings. The van der Waals surface area contributed by atoms with Gasteiger partial charge in [-0.15, -0.1) is 0 Å². The van der Waals surface area contributed by atoms with Crippen molar-refractivity contribution in [3.63, 3.8) is 0 Å². The Balaban J connectivity index is 1.36. The number of hydrogen-bond acceptors (Lipinski definition) is 7. The van der Waals surface area contributed by atoms with Gasteiger partial charge in [-0.2, -0.15) is 15.3 Å². The lowest BCUT2D eigenvalue weighted by Gasteiger charge is -2.64. The molecule has 8 nitrogen and oxygen atoms in total. The van der Waals surface area contributed by atoms with Crippen LogP contribution in [0, 0.1) is 17.3 Å². The molecule has 4 atom stereocenters. The summed E-state index contributed by atoms with van der Waals surface area (Å²) in [6.07, 6.45) is 7.57. The third-order valence-electron chi connectivity index (χ3n) is 9.28. The van der Waals surface area contributed by atoms with Gasteiger partial charge in [0, 0.05) is 34.9 Å². The molecular formula is C28H30BN5O3. The fraction of sp³-hybridized carbons (Fsp3) is 0.393. The first kappa shape index (κ1) is 22.7. The molecule has 2 N–H and O–H groups in total. The minimum absolute atomic E-state index is 0.0761. The molecule has 0 radical (unpaired) electrons. The number of fused-ring (bicyclic) bond motifs is 1. The highest BCUT2D eigenvalue weighted by molar-refractivity contribution is 6.63. The number of aromatic nitrogens is 4. The molecule has 1 saturated heterocycles. The molecule has 37 heavy (non-hydrogen) atoms. The second kappa shape index (κ2) is 7.79. The Labute approximate surface area is 216 Å². The van der Waals surface area contributed by atoms with E-state index < -0.39 is 7.12 Å². The quantitative estimate of drug-likeness (QED) is 0.428. The van der Waals surface area contributed by atoms with E-state index in [9.17, 15) is 0 Å². The summed E-state index contributed by atoms with van der Waals surface area (Å²) in [4.78, 5) is 0. The van der Waals surface area contributed by atoms with Crippen molar-refractivity contribution in [3.8, 4) is 22.6 Å². The zero-order valence-corrected chi connectivity index (χ0v) is 21.5. The molecule has 4 aromatic rings. The Morgan fingerprint density at radius 1 is 1.16 bits per heavy atom. The highest BCUT2D eigenvalue weighted by Gasteiger charge is 2.68. The van der Waals surface area contributed by atoms with E-state index in [1.807, 2.05) is 41.2 Å². The van der Waals surface area contributed by atoms with Crippen molar-refractivity contribution in [2.45, 2.75) is 45.3 Å². The van der Waals surface area contributed by atoms with Gasteiger partial charge in [0.1, 0.15) is 5.75 Å². The van der Waals surface area contributed by atoms with Gasteiger partial charge in [0.05, 0.1) is 41.9 Å². The Morgan fingerprint density at radius 2 is 2.03 bits per heavy atom. The normalized spacial score (nSPS) is 27.7. The van der Waals surface area contributed by atoms with Crippen LogP contribution >= 0.6 is 0 Å². The van der Waals surface area contributed by atoms with Crippen LogP contribution in [0.15, 0.2) is 55.0 Å². The fourth-order valence-corrected chi connectivity index (χ4v) is 7.03. The molecule has 2 bridgehead atoms. The molecule has 3 heterocycles. The van der Waals surface area contributed by atoms with E-state index in [1.54, 1.807) is 19.5 Å². The number of ether oxygens (including phenoxy) is 1. The Morgan fingerprint density at radius 3 is 2.78 bits per heavy atom. The van der Waals surface area contributed by atoms with Gasteiger partial charge in [0.25, 0.3) is 0 Å². The lowest BCUT2D eigenvalue weighted by atomic mass is 9.43. The molecule has 0 spiro atoms. The first-order valence-electron chi connectivity index (χ1n) is 12.9. The fourth-order valence-electron chi connectivity index (χ4n) is 7.03. The summed E-state index contributed by atoms with van der Waals surface area (Å²) in [5.41, 5.74) is 11.1. The van der Waals surface area contributed by atoms with E-state index in [2.05, 4.69) is 42.1 Å². The number of nitrogens with zero attached hydrogens (tertiary/aromatic N) is 4. The number of rotatable bonds is 4. The van der Waals surface area contributed by atoms with Crippen molar-refractivity contribution in [3.05, 3.63) is 55.0 Å². The van der Waals surface area contributed by atoms with Gasteiger partial charge >= 0.3 is 7.12 Å². The molecular weight excluding hydrogens is 465 g/mol. The molecule has 8 rings (SSSR count). The van der Waals surface area contributed by atoms with E-state index in [4.69, 9.17) is 19.8 Å². The summed E-state index contributed by atoms with van der Waals surface area (Å²) in [7, 11) is 1.17. The largest absolute Gasteiger partial charge is 0.498 e. The maximum atomic E-state index is 6.81. The van der Waals surface area contributed by atoms with Gasteiger partial charge in [-0.05, 0) is 66.8 Å². The van der Waals surface area contributed by atoms with Crippen molar-refractivity contribution in [1.82, 2.24) is 20.0 Å². The lowest BCUT2D eigenvalue weighted by molar-refractivity contribution is -0.199. The van der Waals surface area contributed by atoms with Gasteiger partial charge in [0.15, 0.2) is 0 Å². The molecule has 1 unspecified atom stereocenters. The molecule has 0 amide bonds. The zero-order valence-electron chi connectivity index (χ0n) is 21.5. The van der Waals surface area contributed by atoms with Crippen molar-refractivity contribution < 1.29 is 14.0 Å². The summed E-state index contributed by atoms with van der Waals surface area (Å²) in [5.74, 6) is 1.87. The number of nitrogens with two attached hydrogens (primary N) is 1. The lowest BCUT2D eigenvalue weighted by Crippen LogP contribution is -2.65. The third kappa shape index (κ3) is 3.20. The SMILES string of the molecule is COc1cc(-n2cccn2)c(-c2ccc3c(N)cnnc3c2)cc1B1OC2C[C@@H]3C[C@@H](C3(C)C)[C@]2(C)O1. The van der Waals surface area contributed by atoms with Crippen molar-refractivity contribution in [1.29, 1.82) is 0 Å². The predicted molar refractivity (Wildman–Crippen MR) is 143 cm³/mol. The topological polar surface area (TPSA) is 97.3 Å². The van der Waals surface area contributed by atoms with Crippen LogP contribution < -0.4 is 15.9 Å². The van der Waals surface area contributed by atoms with E-state index in [0.717, 1.165) is 39.6 Å². The van der Waals surface area contributed by atoms with Gasteiger partial charge < -0.3 is 19.8 Å². The summed E-state index contributed by atoms with van der Waals surface area (Å²) >= 11 is 0. The summed E-state index contributed by atoms with van der Waals surface area (Å²) in [6.45, 7) is 6.98. The highest BCUT2D eigenvalue weighted by Crippen LogP contribution is 2.65. The van der Waals surface area contributed by atoms with Crippen LogP contribution in [0.2, 0.25) is 0 Å². The number of anilines is 1. The summed E-state index contributed by atoms with van der Waals surface area (Å²) in [5, 5.41) is 13.7. The maximum Gasteiger partial charge on any atom is 0.498 e. The zero-order chi connectivity index (χ0) is 25.5. The molecule has 1 aliphatic heterocycles. The smallest absolute Gasteiger partial charge is 0.497 e. The highest BCUT2D eigenvalue weighted by atomic mass is 16.7. The molecule has 2 aromatic heterocycles. The molecule has 2 aromatic carbocycles. The standard InChI is InChI=1S/C28H30BN5O3/c1-27(2)17-11-25(27)28(3)26(12-17)36-29(37-28)20-13-19(23(14-24(20)35-4)34-9-5-8-32-34)16-6-7-18-21(30)15-31-33-22(18)10-16/h5-10,13-15,17,25-26H,11-12H2,1-4H3,(H2,30,33)/t17-,25-,26?,28-/m0/s1. The van der Waals surface area contributed by atoms with Crippen LogP contribution in [-0.4, -0.2) is 45.9 Å².